The van der Waals surface area contributed by atoms with Crippen LogP contribution in [0.5, 0.6) is 0 Å². The van der Waals surface area contributed by atoms with Crippen molar-refractivity contribution in [2.45, 2.75) is 44.6 Å². The van der Waals surface area contributed by atoms with Crippen LogP contribution in [0.25, 0.3) is 0 Å². The summed E-state index contributed by atoms with van der Waals surface area (Å²) in [5.41, 5.74) is 5.50. The molecule has 2 amide bonds. The van der Waals surface area contributed by atoms with Crippen LogP contribution in [0.2, 0.25) is 5.02 Å². The quantitative estimate of drug-likeness (QED) is 0.316. The number of sulfone groups is 1. The van der Waals surface area contributed by atoms with Gasteiger partial charge in [-0.25, -0.2) is 17.2 Å². The highest BCUT2D eigenvalue weighted by atomic mass is 35.5. The predicted molar refractivity (Wildman–Crippen MR) is 154 cm³/mol. The van der Waals surface area contributed by atoms with Crippen molar-refractivity contribution in [2.24, 2.45) is 5.73 Å². The minimum absolute atomic E-state index is 0.138. The number of nitrogens with two attached hydrogens (primary N) is 1. The molecule has 0 saturated carbocycles. The number of nitrogens with one attached hydrogen (secondary N) is 2. The van der Waals surface area contributed by atoms with Crippen LogP contribution in [0.15, 0.2) is 30.3 Å². The minimum Gasteiger partial charge on any atom is -0.365 e. The highest BCUT2D eigenvalue weighted by Gasteiger charge is 2.31. The van der Waals surface area contributed by atoms with Crippen LogP contribution < -0.4 is 21.3 Å². The van der Waals surface area contributed by atoms with Gasteiger partial charge in [0.25, 0.3) is 5.91 Å². The third-order valence-electron chi connectivity index (χ3n) is 6.94. The van der Waals surface area contributed by atoms with Crippen LogP contribution >= 0.6 is 11.6 Å². The highest BCUT2D eigenvalue weighted by molar-refractivity contribution is 7.90. The zero-order chi connectivity index (χ0) is 32.1. The molecule has 2 atom stereocenters. The Morgan fingerprint density at radius 1 is 1.14 bits per heavy atom. The first-order valence-electron chi connectivity index (χ1n) is 13.3. The molecule has 0 radical (unpaired) electrons. The summed E-state index contributed by atoms with van der Waals surface area (Å²) in [6.45, 7) is 2.23. The van der Waals surface area contributed by atoms with E-state index in [9.17, 15) is 40.0 Å². The second-order valence-corrected chi connectivity index (χ2v) is 13.2. The molecule has 238 valence electrons. The third kappa shape index (κ3) is 10.0. The van der Waals surface area contributed by atoms with Crippen LogP contribution in [0.1, 0.15) is 35.7 Å². The number of hydrogen-bond donors (Lipinski definition) is 3. The first kappa shape index (κ1) is 34.5. The van der Waals surface area contributed by atoms with E-state index in [1.165, 1.54) is 12.1 Å². The van der Waals surface area contributed by atoms with Gasteiger partial charge in [0.1, 0.15) is 9.84 Å². The van der Waals surface area contributed by atoms with Crippen LogP contribution in [0.3, 0.4) is 0 Å². The lowest BCUT2D eigenvalue weighted by Gasteiger charge is -2.42. The van der Waals surface area contributed by atoms with Gasteiger partial charge in [-0.05, 0) is 37.6 Å². The van der Waals surface area contributed by atoms with E-state index in [1.807, 2.05) is 11.8 Å². The largest absolute Gasteiger partial charge is 0.390 e. The monoisotopic (exact) mass is 653 g/mol. The van der Waals surface area contributed by atoms with Gasteiger partial charge in [-0.15, -0.1) is 0 Å². The van der Waals surface area contributed by atoms with Gasteiger partial charge in [0.05, 0.1) is 35.2 Å². The van der Waals surface area contributed by atoms with E-state index in [0.717, 1.165) is 18.4 Å². The lowest BCUT2D eigenvalue weighted by molar-refractivity contribution is -0.138. The summed E-state index contributed by atoms with van der Waals surface area (Å²) in [4.78, 5) is 28.7. The van der Waals surface area contributed by atoms with Gasteiger partial charge in [-0.1, -0.05) is 17.7 Å². The SMILES string of the molecule is C[C@@H]1CN(CCC(F)(F)F)CCN1c1cc(Cl)ccc1NC(=O)c1ccc(CNC(=O)[C@H](N)CCS(C)(=O)=O)c(F)c1F. The molecule has 9 nitrogen and oxygen atoms in total. The number of nitrogens with zero attached hydrogens (tertiary/aromatic N) is 2. The van der Waals surface area contributed by atoms with Crippen molar-refractivity contribution in [1.82, 2.24) is 10.2 Å². The number of anilines is 2. The molecule has 1 fully saturated rings. The summed E-state index contributed by atoms with van der Waals surface area (Å²) in [5, 5.41) is 5.22. The average molecular weight is 654 g/mol. The molecule has 3 rings (SSSR count). The third-order valence-corrected chi connectivity index (χ3v) is 8.15. The van der Waals surface area contributed by atoms with E-state index >= 15 is 0 Å². The molecule has 1 aliphatic heterocycles. The number of carbonyl (C=O) groups is 2. The van der Waals surface area contributed by atoms with Crippen molar-refractivity contribution < 1.29 is 40.0 Å². The second kappa shape index (κ2) is 14.2. The Morgan fingerprint density at radius 2 is 1.84 bits per heavy atom. The van der Waals surface area contributed by atoms with E-state index < -0.39 is 64.0 Å². The molecule has 1 aliphatic rings. The number of benzene rings is 2. The summed E-state index contributed by atoms with van der Waals surface area (Å²) < 4.78 is 90.3. The molecule has 4 N–H and O–H groups in total. The van der Waals surface area contributed by atoms with Gasteiger partial charge >= 0.3 is 6.18 Å². The normalized spacial score (nSPS) is 17.0. The fourth-order valence-electron chi connectivity index (χ4n) is 4.60. The molecule has 2 aromatic carbocycles. The Balaban J connectivity index is 1.69. The molecule has 1 heterocycles. The molecule has 0 bridgehead atoms. The summed E-state index contributed by atoms with van der Waals surface area (Å²) in [7, 11) is -3.34. The molecule has 2 aromatic rings. The van der Waals surface area contributed by atoms with Crippen LogP contribution in [-0.2, 0) is 21.2 Å². The van der Waals surface area contributed by atoms with Gasteiger partial charge in [0.15, 0.2) is 11.6 Å². The van der Waals surface area contributed by atoms with E-state index in [4.69, 9.17) is 17.3 Å². The molecule has 43 heavy (non-hydrogen) atoms. The number of hydrogen-bond acceptors (Lipinski definition) is 7. The van der Waals surface area contributed by atoms with Crippen molar-refractivity contribution in [3.05, 3.63) is 58.1 Å². The van der Waals surface area contributed by atoms with E-state index in [1.54, 1.807) is 11.0 Å². The number of alkyl halides is 3. The Labute approximate surface area is 251 Å². The van der Waals surface area contributed by atoms with Crippen molar-refractivity contribution in [2.75, 3.05) is 48.4 Å². The van der Waals surface area contributed by atoms with Gasteiger partial charge < -0.3 is 21.3 Å². The van der Waals surface area contributed by atoms with Crippen LogP contribution in [0.4, 0.5) is 33.3 Å². The standard InChI is InChI=1S/C27H33ClF5N5O4S/c1-16-15-37(9-8-27(31,32)33)10-11-38(16)22-13-18(28)4-6-21(22)36-25(39)19-5-3-17(23(29)24(19)30)14-35-26(40)20(34)7-12-43(2,41)42/h3-6,13,16,20H,7-12,14-15,34H2,1-2H3,(H,35,40)(H,36,39)/t16-,20-/m1/s1. The zero-order valence-electron chi connectivity index (χ0n) is 23.5. The Kier molecular flexibility index (Phi) is 11.4. The van der Waals surface area contributed by atoms with Gasteiger partial charge in [-0.3, -0.25) is 14.5 Å². The summed E-state index contributed by atoms with van der Waals surface area (Å²) >= 11 is 6.19. The average Bonchev–Trinajstić information content (AvgIpc) is 2.91. The number of amides is 2. The zero-order valence-corrected chi connectivity index (χ0v) is 25.1. The second-order valence-electron chi connectivity index (χ2n) is 10.5. The smallest absolute Gasteiger partial charge is 0.365 e. The van der Waals surface area contributed by atoms with Crippen LogP contribution in [-0.4, -0.2) is 81.6 Å². The number of rotatable bonds is 11. The summed E-state index contributed by atoms with van der Waals surface area (Å²) in [6, 6.07) is 5.31. The van der Waals surface area contributed by atoms with Crippen molar-refractivity contribution in [3.63, 3.8) is 0 Å². The van der Waals surface area contributed by atoms with Crippen molar-refractivity contribution in [1.29, 1.82) is 0 Å². The molecule has 1 saturated heterocycles. The summed E-state index contributed by atoms with van der Waals surface area (Å²) in [6.07, 6.45) is -4.35. The predicted octanol–water partition coefficient (Wildman–Crippen LogP) is 3.71. The molecule has 16 heteroatoms. The van der Waals surface area contributed by atoms with Crippen molar-refractivity contribution in [3.8, 4) is 0 Å². The first-order chi connectivity index (χ1) is 19.9. The maximum atomic E-state index is 15.0. The van der Waals surface area contributed by atoms with E-state index in [-0.39, 0.29) is 36.0 Å². The Hall–Kier alpha value is -3.01. The first-order valence-corrected chi connectivity index (χ1v) is 15.7. The molecule has 0 spiro atoms. The summed E-state index contributed by atoms with van der Waals surface area (Å²) in [5.74, 6) is -4.85. The highest BCUT2D eigenvalue weighted by Crippen LogP contribution is 2.33. The molecule has 0 unspecified atom stereocenters. The fraction of sp³-hybridized carbons (Fsp3) is 0.481. The fourth-order valence-corrected chi connectivity index (χ4v) is 5.45. The topological polar surface area (TPSA) is 125 Å². The Bertz CT molecular complexity index is 1440. The molecular formula is C27H33ClF5N5O4S. The van der Waals surface area contributed by atoms with Gasteiger partial charge in [0.2, 0.25) is 5.91 Å². The number of piperazine rings is 1. The molecule has 0 aromatic heterocycles. The number of halogens is 6. The maximum absolute atomic E-state index is 15.0. The van der Waals surface area contributed by atoms with E-state index in [0.29, 0.717) is 30.3 Å². The maximum Gasteiger partial charge on any atom is 0.390 e. The van der Waals surface area contributed by atoms with Crippen molar-refractivity contribution >= 4 is 44.6 Å². The lowest BCUT2D eigenvalue weighted by Crippen LogP contribution is -2.52. The molecule has 0 aliphatic carbocycles. The molecular weight excluding hydrogens is 621 g/mol. The number of carbonyl (C=O) groups excluding carboxylic acids is 2. The Morgan fingerprint density at radius 3 is 2.47 bits per heavy atom. The van der Waals surface area contributed by atoms with E-state index in [2.05, 4.69) is 10.6 Å². The minimum atomic E-state index is -4.26. The van der Waals surface area contributed by atoms with Crippen LogP contribution in [0, 0.1) is 11.6 Å². The van der Waals surface area contributed by atoms with Gasteiger partial charge in [-0.2, -0.15) is 13.2 Å². The lowest BCUT2D eigenvalue weighted by atomic mass is 10.1. The van der Waals surface area contributed by atoms with Gasteiger partial charge in [0, 0.05) is 55.6 Å².